The number of hydrogen-bond acceptors (Lipinski definition) is 4. The number of nitrogens with one attached hydrogen (secondary N) is 3. The maximum Gasteiger partial charge on any atom is 0.0864 e. The molecule has 0 spiro atoms. The molecule has 41 heavy (non-hydrogen) atoms. The zero-order chi connectivity index (χ0) is 27.2. The van der Waals surface area contributed by atoms with Crippen LogP contribution in [0.15, 0.2) is 140 Å². The summed E-state index contributed by atoms with van der Waals surface area (Å²) in [4.78, 5) is 0. The molecule has 0 amide bonds. The van der Waals surface area contributed by atoms with Crippen molar-refractivity contribution in [2.75, 3.05) is 0 Å². The zero-order valence-corrected chi connectivity index (χ0v) is 23.2. The van der Waals surface area contributed by atoms with Crippen LogP contribution in [-0.4, -0.2) is 0 Å². The van der Waals surface area contributed by atoms with E-state index in [4.69, 9.17) is 0 Å². The van der Waals surface area contributed by atoms with Crippen LogP contribution < -0.4 is 16.0 Å². The first-order chi connectivity index (χ1) is 20.3. The Morgan fingerprint density at radius 3 is 1.71 bits per heavy atom. The van der Waals surface area contributed by atoms with Crippen molar-refractivity contribution in [1.29, 1.82) is 0 Å². The van der Waals surface area contributed by atoms with Crippen LogP contribution in [0, 0.1) is 0 Å². The van der Waals surface area contributed by atoms with Crippen LogP contribution in [0.3, 0.4) is 0 Å². The van der Waals surface area contributed by atoms with Crippen molar-refractivity contribution in [3.63, 3.8) is 0 Å². The first-order valence-electron chi connectivity index (χ1n) is 14.1. The Labute approximate surface area is 243 Å². The summed E-state index contributed by atoms with van der Waals surface area (Å²) in [6, 6.07) is 50.3. The lowest BCUT2D eigenvalue weighted by molar-refractivity contribution is 0.203. The summed E-state index contributed by atoms with van der Waals surface area (Å²) in [5, 5.41) is 16.7. The van der Waals surface area contributed by atoms with Crippen LogP contribution in [0.25, 0.3) is 42.1 Å². The highest BCUT2D eigenvalue weighted by Gasteiger charge is 2.29. The monoisotopic (exact) mass is 547 g/mol. The third-order valence-corrected chi connectivity index (χ3v) is 9.28. The molecule has 1 aromatic heterocycles. The van der Waals surface area contributed by atoms with E-state index < -0.39 is 0 Å². The van der Waals surface area contributed by atoms with Crippen molar-refractivity contribution in [2.45, 2.75) is 18.5 Å². The molecule has 0 bridgehead atoms. The van der Waals surface area contributed by atoms with Gasteiger partial charge in [-0.05, 0) is 56.8 Å². The van der Waals surface area contributed by atoms with Crippen LogP contribution in [0.5, 0.6) is 0 Å². The van der Waals surface area contributed by atoms with Crippen molar-refractivity contribution < 1.29 is 0 Å². The summed E-state index contributed by atoms with van der Waals surface area (Å²) >= 11 is 1.88. The van der Waals surface area contributed by atoms with Crippen molar-refractivity contribution in [1.82, 2.24) is 16.0 Å². The van der Waals surface area contributed by atoms with Gasteiger partial charge >= 0.3 is 0 Å². The summed E-state index contributed by atoms with van der Waals surface area (Å²) in [7, 11) is 0. The van der Waals surface area contributed by atoms with Gasteiger partial charge in [-0.15, -0.1) is 11.3 Å². The third-order valence-electron chi connectivity index (χ3n) is 8.16. The van der Waals surface area contributed by atoms with Gasteiger partial charge in [0, 0.05) is 20.2 Å². The predicted octanol–water partition coefficient (Wildman–Crippen LogP) is 9.05. The molecule has 198 valence electrons. The van der Waals surface area contributed by atoms with Gasteiger partial charge in [0.15, 0.2) is 0 Å². The van der Waals surface area contributed by atoms with Gasteiger partial charge in [0.05, 0.1) is 18.5 Å². The molecule has 1 aliphatic rings. The Bertz CT molecular complexity index is 1950. The first kappa shape index (κ1) is 24.5. The summed E-state index contributed by atoms with van der Waals surface area (Å²) in [6.45, 7) is 0. The normalized spacial score (nSPS) is 19.2. The van der Waals surface area contributed by atoms with E-state index in [1.165, 1.54) is 58.8 Å². The number of hydrogen-bond donors (Lipinski definition) is 3. The van der Waals surface area contributed by atoms with Crippen molar-refractivity contribution in [3.8, 4) is 11.1 Å². The Hall–Kier alpha value is -4.32. The van der Waals surface area contributed by atoms with Gasteiger partial charge in [-0.2, -0.15) is 0 Å². The summed E-state index contributed by atoms with van der Waals surface area (Å²) in [5.41, 5.74) is 6.20. The Balaban J connectivity index is 1.27. The van der Waals surface area contributed by atoms with Crippen LogP contribution in [0.4, 0.5) is 0 Å². The fraction of sp³-hybridized carbons (Fsp3) is 0.0811. The number of rotatable bonds is 4. The van der Waals surface area contributed by atoms with Crippen LogP contribution in [-0.2, 0) is 0 Å². The Morgan fingerprint density at radius 1 is 0.439 bits per heavy atom. The van der Waals surface area contributed by atoms with Gasteiger partial charge in [0.25, 0.3) is 0 Å². The molecule has 0 aliphatic carbocycles. The minimum atomic E-state index is -0.0451. The highest BCUT2D eigenvalue weighted by molar-refractivity contribution is 7.26. The molecule has 3 nitrogen and oxygen atoms in total. The average Bonchev–Trinajstić information content (AvgIpc) is 3.42. The van der Waals surface area contributed by atoms with Gasteiger partial charge in [-0.25, -0.2) is 0 Å². The van der Waals surface area contributed by atoms with E-state index in [9.17, 15) is 0 Å². The van der Waals surface area contributed by atoms with E-state index >= 15 is 0 Å². The lowest BCUT2D eigenvalue weighted by Gasteiger charge is -2.39. The molecule has 7 aromatic rings. The summed E-state index contributed by atoms with van der Waals surface area (Å²) < 4.78 is 2.66. The molecule has 6 aromatic carbocycles. The SMILES string of the molecule is c1ccc(C2NC(c3ccccc3)NC(c3cccc(-c4c5ccccc5cc5sc6ccccc6c45)c3)N2)cc1. The van der Waals surface area contributed by atoms with Crippen LogP contribution in [0.2, 0.25) is 0 Å². The number of benzene rings is 6. The molecular formula is C37H29N3S. The summed E-state index contributed by atoms with van der Waals surface area (Å²) in [6.07, 6.45) is -0.0425. The van der Waals surface area contributed by atoms with Gasteiger partial charge < -0.3 is 0 Å². The van der Waals surface area contributed by atoms with E-state index in [1.54, 1.807) is 0 Å². The lowest BCUT2D eigenvalue weighted by Crippen LogP contribution is -2.54. The average molecular weight is 548 g/mol. The number of thiophene rings is 1. The van der Waals surface area contributed by atoms with E-state index in [0.29, 0.717) is 0 Å². The largest absolute Gasteiger partial charge is 0.279 e. The van der Waals surface area contributed by atoms with Crippen molar-refractivity contribution >= 4 is 42.3 Å². The highest BCUT2D eigenvalue weighted by atomic mass is 32.1. The lowest BCUT2D eigenvalue weighted by atomic mass is 9.92. The van der Waals surface area contributed by atoms with Gasteiger partial charge in [0.1, 0.15) is 0 Å². The second-order valence-corrected chi connectivity index (χ2v) is 11.8. The molecule has 1 saturated heterocycles. The number of fused-ring (bicyclic) bond motifs is 4. The fourth-order valence-corrected chi connectivity index (χ4v) is 7.40. The van der Waals surface area contributed by atoms with E-state index in [2.05, 4.69) is 155 Å². The second-order valence-electron chi connectivity index (χ2n) is 10.7. The first-order valence-corrected chi connectivity index (χ1v) is 14.9. The molecule has 0 radical (unpaired) electrons. The highest BCUT2D eigenvalue weighted by Crippen LogP contribution is 2.44. The Kier molecular flexibility index (Phi) is 6.12. The molecule has 2 unspecified atom stereocenters. The molecule has 8 rings (SSSR count). The molecular weight excluding hydrogens is 518 g/mol. The van der Waals surface area contributed by atoms with Crippen LogP contribution >= 0.6 is 11.3 Å². The van der Waals surface area contributed by atoms with Crippen molar-refractivity contribution in [3.05, 3.63) is 156 Å². The minimum Gasteiger partial charge on any atom is -0.279 e. The second kappa shape index (κ2) is 10.3. The quantitative estimate of drug-likeness (QED) is 0.206. The van der Waals surface area contributed by atoms with E-state index in [0.717, 1.165) is 0 Å². The zero-order valence-electron chi connectivity index (χ0n) is 22.4. The summed E-state index contributed by atoms with van der Waals surface area (Å²) in [5.74, 6) is 0. The molecule has 1 aliphatic heterocycles. The van der Waals surface area contributed by atoms with Crippen molar-refractivity contribution in [2.24, 2.45) is 0 Å². The third kappa shape index (κ3) is 4.42. The maximum absolute atomic E-state index is 3.84. The molecule has 2 heterocycles. The predicted molar refractivity (Wildman–Crippen MR) is 173 cm³/mol. The smallest absolute Gasteiger partial charge is 0.0864 e. The molecule has 0 saturated carbocycles. The van der Waals surface area contributed by atoms with Gasteiger partial charge in [0.2, 0.25) is 0 Å². The topological polar surface area (TPSA) is 36.1 Å². The fourth-order valence-electron chi connectivity index (χ4n) is 6.24. The van der Waals surface area contributed by atoms with Crippen LogP contribution in [0.1, 0.15) is 35.2 Å². The molecule has 1 fully saturated rings. The van der Waals surface area contributed by atoms with E-state index in [-0.39, 0.29) is 18.5 Å². The Morgan fingerprint density at radius 2 is 1.00 bits per heavy atom. The van der Waals surface area contributed by atoms with E-state index in [1.807, 2.05) is 11.3 Å². The molecule has 3 N–H and O–H groups in total. The van der Waals surface area contributed by atoms with Gasteiger partial charge in [-0.1, -0.05) is 121 Å². The maximum atomic E-state index is 3.84. The van der Waals surface area contributed by atoms with Gasteiger partial charge in [-0.3, -0.25) is 16.0 Å². The standard InChI is InChI=1S/C37H29N3S/c1-3-12-24(13-4-1)35-38-36(25-14-5-2-6-15-25)40-37(39-35)28-18-11-17-27(22-28)33-29-19-8-7-16-26(29)23-32-34(33)30-20-9-10-21-31(30)41-32/h1-23,35-40H. The minimum absolute atomic E-state index is 0.00129. The molecule has 4 heteroatoms. The molecule has 2 atom stereocenters.